The molecule has 1 heterocycles. The van der Waals surface area contributed by atoms with Crippen molar-refractivity contribution in [3.05, 3.63) is 10.7 Å². The number of rotatable bonds is 6. The minimum Gasteiger partial charge on any atom is -0.471 e. The van der Waals surface area contributed by atoms with Crippen LogP contribution in [-0.2, 0) is 4.74 Å². The first kappa shape index (κ1) is 13.1. The topological polar surface area (TPSA) is 82.3 Å². The lowest BCUT2D eigenvalue weighted by Crippen LogP contribution is -2.20. The molecule has 1 unspecified atom stereocenters. The van der Waals surface area contributed by atoms with E-state index in [4.69, 9.17) is 15.3 Å². The fraction of sp³-hybridized carbons (Fsp3) is 0.556. The molecule has 7 heteroatoms. The summed E-state index contributed by atoms with van der Waals surface area (Å²) in [4.78, 5) is 7.99. The molecule has 1 rings (SSSR count). The Morgan fingerprint density at radius 3 is 3.00 bits per heavy atom. The fourth-order valence-electron chi connectivity index (χ4n) is 1.01. The third-order valence-electron chi connectivity index (χ3n) is 1.71. The van der Waals surface area contributed by atoms with Crippen LogP contribution in [0.2, 0.25) is 0 Å². The Labute approximate surface area is 103 Å². The van der Waals surface area contributed by atoms with E-state index < -0.39 is 0 Å². The number of halogens is 1. The highest BCUT2D eigenvalue weighted by Crippen LogP contribution is 2.23. The predicted molar refractivity (Wildman–Crippen MR) is 64.1 cm³/mol. The zero-order chi connectivity index (χ0) is 12.0. The minimum atomic E-state index is -0.0863. The van der Waals surface area contributed by atoms with Crippen molar-refractivity contribution in [2.75, 3.05) is 18.6 Å². The number of hydrazine groups is 1. The van der Waals surface area contributed by atoms with Gasteiger partial charge in [-0.1, -0.05) is 0 Å². The molecular formula is C9H15BrN4O2. The van der Waals surface area contributed by atoms with Crippen molar-refractivity contribution >= 4 is 21.9 Å². The van der Waals surface area contributed by atoms with Gasteiger partial charge in [-0.05, 0) is 29.8 Å². The highest BCUT2D eigenvalue weighted by atomic mass is 79.9. The molecule has 16 heavy (non-hydrogen) atoms. The normalized spacial score (nSPS) is 12.2. The molecule has 0 aliphatic carbocycles. The maximum absolute atomic E-state index is 5.57. The van der Waals surface area contributed by atoms with Crippen LogP contribution in [0.4, 0.5) is 5.95 Å². The summed E-state index contributed by atoms with van der Waals surface area (Å²) >= 11 is 3.30. The summed E-state index contributed by atoms with van der Waals surface area (Å²) < 4.78 is 11.5. The molecular weight excluding hydrogens is 276 g/mol. The summed E-state index contributed by atoms with van der Waals surface area (Å²) in [5, 5.41) is 0. The van der Waals surface area contributed by atoms with Gasteiger partial charge in [0.2, 0.25) is 11.8 Å². The lowest BCUT2D eigenvalue weighted by molar-refractivity contribution is 0.0629. The summed E-state index contributed by atoms with van der Waals surface area (Å²) in [7, 11) is 0. The Hall–Kier alpha value is -0.920. The second-order valence-electron chi connectivity index (χ2n) is 3.08. The van der Waals surface area contributed by atoms with Crippen molar-refractivity contribution in [2.45, 2.75) is 20.0 Å². The zero-order valence-electron chi connectivity index (χ0n) is 9.24. The van der Waals surface area contributed by atoms with Gasteiger partial charge in [-0.3, -0.25) is 5.43 Å². The second kappa shape index (κ2) is 6.62. The van der Waals surface area contributed by atoms with Crippen LogP contribution < -0.4 is 16.0 Å². The van der Waals surface area contributed by atoms with Gasteiger partial charge >= 0.3 is 0 Å². The third-order valence-corrected chi connectivity index (χ3v) is 2.25. The van der Waals surface area contributed by atoms with Crippen LogP contribution >= 0.6 is 15.9 Å². The van der Waals surface area contributed by atoms with E-state index in [9.17, 15) is 0 Å². The number of hydrogen-bond donors (Lipinski definition) is 2. The van der Waals surface area contributed by atoms with Crippen molar-refractivity contribution in [2.24, 2.45) is 5.84 Å². The first-order valence-corrected chi connectivity index (χ1v) is 5.70. The monoisotopic (exact) mass is 290 g/mol. The molecule has 0 saturated carbocycles. The van der Waals surface area contributed by atoms with Crippen molar-refractivity contribution in [3.63, 3.8) is 0 Å². The van der Waals surface area contributed by atoms with E-state index in [2.05, 4.69) is 31.3 Å². The third kappa shape index (κ3) is 3.92. The van der Waals surface area contributed by atoms with Gasteiger partial charge in [-0.15, -0.1) is 0 Å². The number of anilines is 1. The number of nitrogens with zero attached hydrogens (tertiary/aromatic N) is 2. The van der Waals surface area contributed by atoms with Crippen LogP contribution in [0.15, 0.2) is 10.7 Å². The molecule has 0 saturated heterocycles. The Morgan fingerprint density at radius 2 is 2.38 bits per heavy atom. The molecule has 0 aliphatic heterocycles. The van der Waals surface area contributed by atoms with Gasteiger partial charge in [0.15, 0.2) is 0 Å². The molecule has 0 aliphatic rings. The molecule has 0 bridgehead atoms. The van der Waals surface area contributed by atoms with Gasteiger partial charge in [-0.2, -0.15) is 4.98 Å². The van der Waals surface area contributed by atoms with Crippen molar-refractivity contribution in [3.8, 4) is 5.88 Å². The quantitative estimate of drug-likeness (QED) is 0.608. The SMILES string of the molecule is CCOCC(C)Oc1nc(NN)ncc1Br. The predicted octanol–water partition coefficient (Wildman–Crippen LogP) is 1.33. The number of nitrogens with two attached hydrogens (primary N) is 1. The first-order valence-electron chi connectivity index (χ1n) is 4.91. The fourth-order valence-corrected chi connectivity index (χ4v) is 1.30. The van der Waals surface area contributed by atoms with Gasteiger partial charge in [0.1, 0.15) is 6.10 Å². The number of nitrogen functional groups attached to an aromatic ring is 1. The van der Waals surface area contributed by atoms with Gasteiger partial charge in [0.25, 0.3) is 0 Å². The first-order chi connectivity index (χ1) is 7.67. The van der Waals surface area contributed by atoms with Gasteiger partial charge < -0.3 is 9.47 Å². The van der Waals surface area contributed by atoms with E-state index in [1.54, 1.807) is 6.20 Å². The van der Waals surface area contributed by atoms with E-state index in [0.717, 1.165) is 0 Å². The molecule has 0 aromatic carbocycles. The lowest BCUT2D eigenvalue weighted by atomic mass is 10.4. The van der Waals surface area contributed by atoms with E-state index in [0.29, 0.717) is 29.5 Å². The highest BCUT2D eigenvalue weighted by Gasteiger charge is 2.10. The number of hydrogen-bond acceptors (Lipinski definition) is 6. The summed E-state index contributed by atoms with van der Waals surface area (Å²) in [6, 6.07) is 0. The van der Waals surface area contributed by atoms with E-state index >= 15 is 0 Å². The lowest BCUT2D eigenvalue weighted by Gasteiger charge is -2.14. The van der Waals surface area contributed by atoms with E-state index in [-0.39, 0.29) is 6.10 Å². The van der Waals surface area contributed by atoms with Gasteiger partial charge in [-0.25, -0.2) is 10.8 Å². The average molecular weight is 291 g/mol. The molecule has 1 aromatic heterocycles. The van der Waals surface area contributed by atoms with Crippen LogP contribution in [0.1, 0.15) is 13.8 Å². The minimum absolute atomic E-state index is 0.0863. The summed E-state index contributed by atoms with van der Waals surface area (Å²) in [6.45, 7) is 5.01. The van der Waals surface area contributed by atoms with Crippen LogP contribution in [0.25, 0.3) is 0 Å². The highest BCUT2D eigenvalue weighted by molar-refractivity contribution is 9.10. The van der Waals surface area contributed by atoms with Crippen LogP contribution in [-0.4, -0.2) is 29.3 Å². The van der Waals surface area contributed by atoms with Crippen LogP contribution in [0, 0.1) is 0 Å². The van der Waals surface area contributed by atoms with Gasteiger partial charge in [0.05, 0.1) is 17.3 Å². The van der Waals surface area contributed by atoms with Crippen molar-refractivity contribution in [1.29, 1.82) is 0 Å². The van der Waals surface area contributed by atoms with Gasteiger partial charge in [0, 0.05) is 6.61 Å². The number of aromatic nitrogens is 2. The Morgan fingerprint density at radius 1 is 1.62 bits per heavy atom. The summed E-state index contributed by atoms with van der Waals surface area (Å²) in [5.41, 5.74) is 2.36. The maximum Gasteiger partial charge on any atom is 0.240 e. The zero-order valence-corrected chi connectivity index (χ0v) is 10.8. The number of ether oxygens (including phenoxy) is 2. The van der Waals surface area contributed by atoms with Crippen molar-refractivity contribution in [1.82, 2.24) is 9.97 Å². The molecule has 90 valence electrons. The Kier molecular flexibility index (Phi) is 5.44. The molecule has 0 spiro atoms. The maximum atomic E-state index is 5.57. The summed E-state index contributed by atoms with van der Waals surface area (Å²) in [5.74, 6) is 5.96. The smallest absolute Gasteiger partial charge is 0.240 e. The van der Waals surface area contributed by atoms with E-state index in [1.807, 2.05) is 13.8 Å². The Bertz CT molecular complexity index is 337. The number of nitrogens with one attached hydrogen (secondary N) is 1. The molecule has 1 aromatic rings. The molecule has 6 nitrogen and oxygen atoms in total. The van der Waals surface area contributed by atoms with Crippen LogP contribution in [0.5, 0.6) is 5.88 Å². The molecule has 0 radical (unpaired) electrons. The van der Waals surface area contributed by atoms with E-state index in [1.165, 1.54) is 0 Å². The molecule has 0 fully saturated rings. The average Bonchev–Trinajstić information content (AvgIpc) is 2.29. The second-order valence-corrected chi connectivity index (χ2v) is 3.93. The standard InChI is InChI=1S/C9H15BrN4O2/c1-3-15-5-6(2)16-8-7(10)4-12-9(13-8)14-11/h4,6H,3,5,11H2,1-2H3,(H,12,13,14). The molecule has 3 N–H and O–H groups in total. The largest absolute Gasteiger partial charge is 0.471 e. The molecule has 1 atom stereocenters. The van der Waals surface area contributed by atoms with Crippen LogP contribution in [0.3, 0.4) is 0 Å². The molecule has 0 amide bonds. The summed E-state index contributed by atoms with van der Waals surface area (Å²) in [6.07, 6.45) is 1.49. The Balaban J connectivity index is 2.64. The van der Waals surface area contributed by atoms with Crippen molar-refractivity contribution < 1.29 is 9.47 Å².